The van der Waals surface area contributed by atoms with Gasteiger partial charge in [-0.1, -0.05) is 0 Å². The number of piperidine rings is 1. The van der Waals surface area contributed by atoms with Crippen LogP contribution in [0.2, 0.25) is 0 Å². The molecule has 0 spiro atoms. The van der Waals surface area contributed by atoms with Gasteiger partial charge in [0.05, 0.1) is 25.7 Å². The maximum Gasteiger partial charge on any atom is 0.338 e. The van der Waals surface area contributed by atoms with E-state index in [0.717, 1.165) is 0 Å². The Labute approximate surface area is 145 Å². The van der Waals surface area contributed by atoms with Crippen molar-refractivity contribution in [2.75, 3.05) is 33.9 Å². The summed E-state index contributed by atoms with van der Waals surface area (Å²) >= 11 is 0. The lowest BCUT2D eigenvalue weighted by atomic mass is 9.97. The normalized spacial score (nSPS) is 16.9. The molecule has 1 heterocycles. The van der Waals surface area contributed by atoms with E-state index >= 15 is 0 Å². The van der Waals surface area contributed by atoms with Gasteiger partial charge in [-0.05, 0) is 25.0 Å². The summed E-state index contributed by atoms with van der Waals surface area (Å²) in [7, 11) is 2.94. The van der Waals surface area contributed by atoms with E-state index in [1.807, 2.05) is 0 Å². The molecule has 0 bridgehead atoms. The molecule has 1 aliphatic heterocycles. The lowest BCUT2D eigenvalue weighted by Crippen LogP contribution is -2.45. The lowest BCUT2D eigenvalue weighted by Gasteiger charge is -2.31. The Kier molecular flexibility index (Phi) is 6.21. The highest BCUT2D eigenvalue weighted by Crippen LogP contribution is 2.23. The summed E-state index contributed by atoms with van der Waals surface area (Å²) in [5.74, 6) is -0.895. The van der Waals surface area contributed by atoms with E-state index in [0.29, 0.717) is 30.9 Å². The van der Waals surface area contributed by atoms with Crippen LogP contribution >= 0.6 is 0 Å². The van der Waals surface area contributed by atoms with Crippen LogP contribution in [0.15, 0.2) is 18.2 Å². The van der Waals surface area contributed by atoms with Crippen molar-refractivity contribution < 1.29 is 28.6 Å². The zero-order chi connectivity index (χ0) is 18.4. The standard InChI is InChI=1S/C17H22N2O6/c1-23-13-6-12(7-14(8-13)24-2)17(22)25-10-15(20)19-5-3-4-11(9-19)16(18)21/h6-8,11H,3-5,9-10H2,1-2H3,(H2,18,21)/t11-/m1/s1. The molecule has 1 aromatic rings. The number of hydrogen-bond acceptors (Lipinski definition) is 6. The summed E-state index contributed by atoms with van der Waals surface area (Å²) < 4.78 is 15.3. The first kappa shape index (κ1) is 18.6. The van der Waals surface area contributed by atoms with E-state index in [4.69, 9.17) is 19.9 Å². The van der Waals surface area contributed by atoms with Crippen LogP contribution in [-0.2, 0) is 14.3 Å². The fourth-order valence-electron chi connectivity index (χ4n) is 2.66. The molecule has 1 aliphatic rings. The van der Waals surface area contributed by atoms with Crippen LogP contribution in [0.1, 0.15) is 23.2 Å². The van der Waals surface area contributed by atoms with Crippen LogP contribution in [0.3, 0.4) is 0 Å². The Morgan fingerprint density at radius 2 is 1.80 bits per heavy atom. The molecule has 25 heavy (non-hydrogen) atoms. The molecule has 2 N–H and O–H groups in total. The Hall–Kier alpha value is -2.77. The van der Waals surface area contributed by atoms with Gasteiger partial charge in [-0.2, -0.15) is 0 Å². The third-order valence-electron chi connectivity index (χ3n) is 4.09. The van der Waals surface area contributed by atoms with Crippen LogP contribution in [0.4, 0.5) is 0 Å². The third-order valence-corrected chi connectivity index (χ3v) is 4.09. The van der Waals surface area contributed by atoms with Crippen LogP contribution in [0, 0.1) is 5.92 Å². The minimum atomic E-state index is -0.658. The van der Waals surface area contributed by atoms with Crippen LogP contribution in [-0.4, -0.2) is 56.6 Å². The van der Waals surface area contributed by atoms with Gasteiger partial charge in [-0.15, -0.1) is 0 Å². The Morgan fingerprint density at radius 1 is 1.16 bits per heavy atom. The van der Waals surface area contributed by atoms with Gasteiger partial charge in [0.2, 0.25) is 5.91 Å². The zero-order valence-electron chi connectivity index (χ0n) is 14.3. The number of nitrogens with two attached hydrogens (primary N) is 1. The van der Waals surface area contributed by atoms with E-state index in [2.05, 4.69) is 0 Å². The maximum absolute atomic E-state index is 12.2. The zero-order valence-corrected chi connectivity index (χ0v) is 14.3. The summed E-state index contributed by atoms with van der Waals surface area (Å²) in [6.45, 7) is 0.385. The van der Waals surface area contributed by atoms with Crippen molar-refractivity contribution in [2.24, 2.45) is 11.7 Å². The molecular weight excluding hydrogens is 328 g/mol. The van der Waals surface area contributed by atoms with Crippen molar-refractivity contribution in [1.29, 1.82) is 0 Å². The number of methoxy groups -OCH3 is 2. The summed E-state index contributed by atoms with van der Waals surface area (Å²) in [6.07, 6.45) is 1.36. The molecule has 1 aromatic carbocycles. The molecule has 0 unspecified atom stereocenters. The number of likely N-dealkylation sites (tertiary alicyclic amines) is 1. The number of benzene rings is 1. The molecule has 2 rings (SSSR count). The van der Waals surface area contributed by atoms with E-state index in [1.54, 1.807) is 6.07 Å². The van der Waals surface area contributed by atoms with Crippen molar-refractivity contribution in [3.8, 4) is 11.5 Å². The highest BCUT2D eigenvalue weighted by molar-refractivity contribution is 5.92. The van der Waals surface area contributed by atoms with Crippen molar-refractivity contribution in [3.05, 3.63) is 23.8 Å². The minimum absolute atomic E-state index is 0.220. The molecule has 136 valence electrons. The smallest absolute Gasteiger partial charge is 0.338 e. The number of carbonyl (C=O) groups excluding carboxylic acids is 3. The SMILES string of the molecule is COc1cc(OC)cc(C(=O)OCC(=O)N2CCC[C@@H](C(N)=O)C2)c1. The maximum atomic E-state index is 12.2. The second kappa shape index (κ2) is 8.36. The van der Waals surface area contributed by atoms with Gasteiger partial charge >= 0.3 is 5.97 Å². The van der Waals surface area contributed by atoms with E-state index in [1.165, 1.54) is 31.3 Å². The molecule has 8 heteroatoms. The number of esters is 1. The average Bonchev–Trinajstić information content (AvgIpc) is 2.65. The summed E-state index contributed by atoms with van der Waals surface area (Å²) in [5, 5.41) is 0. The summed E-state index contributed by atoms with van der Waals surface area (Å²) in [4.78, 5) is 37.1. The average molecular weight is 350 g/mol. The molecular formula is C17H22N2O6. The van der Waals surface area contributed by atoms with Crippen molar-refractivity contribution in [3.63, 3.8) is 0 Å². The lowest BCUT2D eigenvalue weighted by molar-refractivity contribution is -0.137. The number of rotatable bonds is 6. The minimum Gasteiger partial charge on any atom is -0.497 e. The molecule has 1 atom stereocenters. The van der Waals surface area contributed by atoms with Gasteiger partial charge in [0.25, 0.3) is 5.91 Å². The molecule has 1 saturated heterocycles. The Balaban J connectivity index is 1.95. The predicted molar refractivity (Wildman–Crippen MR) is 88.3 cm³/mol. The Morgan fingerprint density at radius 3 is 2.36 bits per heavy atom. The van der Waals surface area contributed by atoms with Gasteiger partial charge in [0.15, 0.2) is 6.61 Å². The summed E-state index contributed by atoms with van der Waals surface area (Å²) in [6, 6.07) is 4.62. The van der Waals surface area contributed by atoms with Crippen LogP contribution in [0.5, 0.6) is 11.5 Å². The van der Waals surface area contributed by atoms with Gasteiger partial charge in [-0.3, -0.25) is 9.59 Å². The first-order valence-corrected chi connectivity index (χ1v) is 7.92. The predicted octanol–water partition coefficient (Wildman–Crippen LogP) is 0.584. The summed E-state index contributed by atoms with van der Waals surface area (Å²) in [5.41, 5.74) is 5.52. The fourth-order valence-corrected chi connectivity index (χ4v) is 2.66. The van der Waals surface area contributed by atoms with Gasteiger partial charge in [0, 0.05) is 19.2 Å². The van der Waals surface area contributed by atoms with E-state index in [-0.39, 0.29) is 23.9 Å². The van der Waals surface area contributed by atoms with Crippen LogP contribution < -0.4 is 15.2 Å². The fraction of sp³-hybridized carbons (Fsp3) is 0.471. The van der Waals surface area contributed by atoms with Gasteiger partial charge in [0.1, 0.15) is 11.5 Å². The number of primary amides is 1. The molecule has 0 saturated carbocycles. The number of ether oxygens (including phenoxy) is 3. The molecule has 0 radical (unpaired) electrons. The monoisotopic (exact) mass is 350 g/mol. The highest BCUT2D eigenvalue weighted by Gasteiger charge is 2.27. The van der Waals surface area contributed by atoms with Gasteiger partial charge < -0.3 is 24.8 Å². The molecule has 2 amide bonds. The van der Waals surface area contributed by atoms with Crippen molar-refractivity contribution in [1.82, 2.24) is 4.90 Å². The number of carbonyl (C=O) groups is 3. The second-order valence-electron chi connectivity index (χ2n) is 5.76. The van der Waals surface area contributed by atoms with E-state index in [9.17, 15) is 14.4 Å². The third kappa shape index (κ3) is 4.85. The van der Waals surface area contributed by atoms with Crippen LogP contribution in [0.25, 0.3) is 0 Å². The van der Waals surface area contributed by atoms with Crippen molar-refractivity contribution >= 4 is 17.8 Å². The molecule has 0 aliphatic carbocycles. The largest absolute Gasteiger partial charge is 0.497 e. The number of amides is 2. The molecule has 0 aromatic heterocycles. The highest BCUT2D eigenvalue weighted by atomic mass is 16.5. The number of nitrogens with zero attached hydrogens (tertiary/aromatic N) is 1. The van der Waals surface area contributed by atoms with Crippen molar-refractivity contribution in [2.45, 2.75) is 12.8 Å². The second-order valence-corrected chi connectivity index (χ2v) is 5.76. The van der Waals surface area contributed by atoms with E-state index < -0.39 is 18.5 Å². The Bertz CT molecular complexity index is 638. The topological polar surface area (TPSA) is 108 Å². The molecule has 8 nitrogen and oxygen atoms in total. The quantitative estimate of drug-likeness (QED) is 0.752. The molecule has 1 fully saturated rings. The first-order valence-electron chi connectivity index (χ1n) is 7.92. The first-order chi connectivity index (χ1) is 11.9. The van der Waals surface area contributed by atoms with Gasteiger partial charge in [-0.25, -0.2) is 4.79 Å². The number of hydrogen-bond donors (Lipinski definition) is 1.